The molecule has 0 aromatic rings. The van der Waals surface area contributed by atoms with Gasteiger partial charge in [0.2, 0.25) is 0 Å². The van der Waals surface area contributed by atoms with E-state index >= 15 is 0 Å². The molecule has 22 heavy (non-hydrogen) atoms. The highest BCUT2D eigenvalue weighted by molar-refractivity contribution is 5.65. The monoisotopic (exact) mass is 315 g/mol. The first-order valence-electron chi connectivity index (χ1n) is 8.93. The lowest BCUT2D eigenvalue weighted by Gasteiger charge is -2.36. The topological polar surface area (TPSA) is 60.4 Å². The highest BCUT2D eigenvalue weighted by Gasteiger charge is 2.30. The number of aliphatic carboxylic acids is 1. The summed E-state index contributed by atoms with van der Waals surface area (Å²) < 4.78 is 0.257. The van der Waals surface area contributed by atoms with Gasteiger partial charge >= 0.3 is 0 Å². The van der Waals surface area contributed by atoms with Crippen molar-refractivity contribution in [1.82, 2.24) is 0 Å². The first kappa shape index (κ1) is 21.4. The van der Waals surface area contributed by atoms with E-state index in [4.69, 9.17) is 0 Å². The van der Waals surface area contributed by atoms with Crippen molar-refractivity contribution in [2.24, 2.45) is 0 Å². The Labute approximate surface area is 137 Å². The zero-order valence-electron chi connectivity index (χ0n) is 15.2. The smallest absolute Gasteiger partial charge is 0.119 e. The molecule has 4 nitrogen and oxygen atoms in total. The summed E-state index contributed by atoms with van der Waals surface area (Å²) in [6, 6.07) is 0. The molecule has 0 aliphatic carbocycles. The lowest BCUT2D eigenvalue weighted by Crippen LogP contribution is -2.55. The molecule has 0 aliphatic rings. The zero-order valence-corrected chi connectivity index (χ0v) is 15.2. The minimum Gasteiger partial charge on any atom is -0.544 e. The molecule has 0 amide bonds. The Balaban J connectivity index is 3.73. The van der Waals surface area contributed by atoms with Crippen LogP contribution in [0, 0.1) is 0 Å². The van der Waals surface area contributed by atoms with Crippen LogP contribution in [0.4, 0.5) is 0 Å². The van der Waals surface area contributed by atoms with Gasteiger partial charge in [0.25, 0.3) is 0 Å². The van der Waals surface area contributed by atoms with Crippen molar-refractivity contribution in [3.05, 3.63) is 0 Å². The van der Waals surface area contributed by atoms with Gasteiger partial charge in [-0.15, -0.1) is 0 Å². The highest BCUT2D eigenvalue weighted by Crippen LogP contribution is 2.19. The summed E-state index contributed by atoms with van der Waals surface area (Å²) in [6.45, 7) is 4.43. The molecule has 0 aliphatic heterocycles. The number of carbonyl (C=O) groups is 1. The fraction of sp³-hybridized carbons (Fsp3) is 0.944. The molecule has 0 radical (unpaired) electrons. The Morgan fingerprint density at radius 1 is 1.00 bits per heavy atom. The Kier molecular flexibility index (Phi) is 10.7. The summed E-state index contributed by atoms with van der Waals surface area (Å²) in [7, 11) is 3.64. The summed E-state index contributed by atoms with van der Waals surface area (Å²) in [5.41, 5.74) is -0.805. The molecule has 0 heterocycles. The summed E-state index contributed by atoms with van der Waals surface area (Å²) in [4.78, 5) is 10.7. The molecule has 1 atom stereocenters. The fourth-order valence-electron chi connectivity index (χ4n) is 3.22. The van der Waals surface area contributed by atoms with E-state index in [9.17, 15) is 15.0 Å². The average Bonchev–Trinajstić information content (AvgIpc) is 2.33. The highest BCUT2D eigenvalue weighted by atomic mass is 16.4. The predicted molar refractivity (Wildman–Crippen MR) is 89.3 cm³/mol. The molecule has 0 spiro atoms. The maximum Gasteiger partial charge on any atom is 0.119 e. The van der Waals surface area contributed by atoms with Crippen LogP contribution in [0.25, 0.3) is 0 Å². The molecule has 0 bridgehead atoms. The molecular formula is C18H37NO3. The van der Waals surface area contributed by atoms with Gasteiger partial charge in [-0.25, -0.2) is 0 Å². The molecule has 0 saturated carbocycles. The van der Waals surface area contributed by atoms with E-state index in [1.54, 1.807) is 0 Å². The number of hydrogen-bond acceptors (Lipinski definition) is 3. The van der Waals surface area contributed by atoms with E-state index in [1.807, 2.05) is 21.0 Å². The van der Waals surface area contributed by atoms with Gasteiger partial charge < -0.3 is 19.5 Å². The summed E-state index contributed by atoms with van der Waals surface area (Å²) in [5, 5.41) is 21.2. The van der Waals surface area contributed by atoms with Crippen LogP contribution in [0.15, 0.2) is 0 Å². The van der Waals surface area contributed by atoms with E-state index in [-0.39, 0.29) is 11.0 Å². The Morgan fingerprint density at radius 2 is 1.45 bits per heavy atom. The third-order valence-corrected chi connectivity index (χ3v) is 4.14. The number of quaternary nitrogens is 1. The maximum atomic E-state index is 10.7. The van der Waals surface area contributed by atoms with Gasteiger partial charge in [-0.3, -0.25) is 0 Å². The lowest BCUT2D eigenvalue weighted by molar-refractivity contribution is -0.891. The fourth-order valence-corrected chi connectivity index (χ4v) is 3.22. The third kappa shape index (κ3) is 13.1. The SMILES string of the molecule is CCCCCCCCCCCC(C)(O)C[N+](C)(C)CC(=O)[O-]. The predicted octanol–water partition coefficient (Wildman–Crippen LogP) is 2.48. The van der Waals surface area contributed by atoms with Crippen molar-refractivity contribution in [3.63, 3.8) is 0 Å². The van der Waals surface area contributed by atoms with Crippen molar-refractivity contribution >= 4 is 5.97 Å². The van der Waals surface area contributed by atoms with Crippen LogP contribution in [0.2, 0.25) is 0 Å². The number of unbranched alkanes of at least 4 members (excludes halogenated alkanes) is 8. The third-order valence-electron chi connectivity index (χ3n) is 4.14. The molecule has 132 valence electrons. The van der Waals surface area contributed by atoms with Gasteiger partial charge in [-0.1, -0.05) is 64.7 Å². The normalized spacial score (nSPS) is 14.8. The van der Waals surface area contributed by atoms with Gasteiger partial charge in [0.1, 0.15) is 18.7 Å². The number of hydrogen-bond donors (Lipinski definition) is 1. The van der Waals surface area contributed by atoms with Crippen LogP contribution in [0.5, 0.6) is 0 Å². The second kappa shape index (κ2) is 11.0. The molecule has 1 unspecified atom stereocenters. The first-order valence-corrected chi connectivity index (χ1v) is 8.93. The van der Waals surface area contributed by atoms with Gasteiger partial charge in [-0.2, -0.15) is 0 Å². The van der Waals surface area contributed by atoms with Crippen molar-refractivity contribution in [2.75, 3.05) is 27.2 Å². The average molecular weight is 315 g/mol. The summed E-state index contributed by atoms with van der Waals surface area (Å²) in [5.74, 6) is -1.07. The number of nitrogens with zero attached hydrogens (tertiary/aromatic N) is 1. The largest absolute Gasteiger partial charge is 0.544 e. The van der Waals surface area contributed by atoms with Crippen molar-refractivity contribution in [3.8, 4) is 0 Å². The molecule has 0 aromatic carbocycles. The molecule has 0 saturated heterocycles. The van der Waals surface area contributed by atoms with Crippen LogP contribution < -0.4 is 5.11 Å². The number of carbonyl (C=O) groups excluding carboxylic acids is 1. The second-order valence-electron chi connectivity index (χ2n) is 7.70. The van der Waals surface area contributed by atoms with Gasteiger partial charge in [0.05, 0.1) is 20.1 Å². The first-order chi connectivity index (χ1) is 10.2. The lowest BCUT2D eigenvalue weighted by atomic mass is 9.96. The van der Waals surface area contributed by atoms with E-state index in [1.165, 1.54) is 44.9 Å². The number of aliphatic hydroxyl groups is 1. The zero-order chi connectivity index (χ0) is 17.1. The minimum absolute atomic E-state index is 0.0616. The van der Waals surface area contributed by atoms with E-state index in [2.05, 4.69) is 6.92 Å². The van der Waals surface area contributed by atoms with E-state index < -0.39 is 11.6 Å². The summed E-state index contributed by atoms with van der Waals surface area (Å²) in [6.07, 6.45) is 12.1. The molecule has 0 aromatic heterocycles. The Bertz CT molecular complexity index is 301. The number of rotatable bonds is 14. The van der Waals surface area contributed by atoms with Crippen molar-refractivity contribution in [1.29, 1.82) is 0 Å². The summed E-state index contributed by atoms with van der Waals surface area (Å²) >= 11 is 0. The van der Waals surface area contributed by atoms with Crippen LogP contribution in [-0.2, 0) is 4.79 Å². The van der Waals surface area contributed by atoms with Crippen molar-refractivity contribution in [2.45, 2.75) is 83.7 Å². The second-order valence-corrected chi connectivity index (χ2v) is 7.70. The maximum absolute atomic E-state index is 10.7. The Hall–Kier alpha value is -0.610. The Morgan fingerprint density at radius 3 is 1.91 bits per heavy atom. The van der Waals surface area contributed by atoms with Crippen LogP contribution >= 0.6 is 0 Å². The van der Waals surface area contributed by atoms with Gasteiger partial charge in [0, 0.05) is 0 Å². The van der Waals surface area contributed by atoms with Crippen LogP contribution in [0.3, 0.4) is 0 Å². The van der Waals surface area contributed by atoms with E-state index in [0.717, 1.165) is 19.3 Å². The minimum atomic E-state index is -1.07. The molecule has 4 heteroatoms. The standard InChI is InChI=1S/C18H37NO3/c1-5-6-7-8-9-10-11-12-13-14-18(2,22)16-19(3,4)15-17(20)21/h22H,5-16H2,1-4H3. The van der Waals surface area contributed by atoms with Crippen LogP contribution in [-0.4, -0.2) is 48.3 Å². The number of likely N-dealkylation sites (N-methyl/N-ethyl adjacent to an activating group) is 1. The van der Waals surface area contributed by atoms with Crippen LogP contribution in [0.1, 0.15) is 78.1 Å². The van der Waals surface area contributed by atoms with Crippen molar-refractivity contribution < 1.29 is 19.5 Å². The molecular weight excluding hydrogens is 278 g/mol. The molecule has 1 N–H and O–H groups in total. The molecule has 0 rings (SSSR count). The molecule has 0 fully saturated rings. The number of carboxylic acids is 1. The van der Waals surface area contributed by atoms with Gasteiger partial charge in [-0.05, 0) is 13.3 Å². The van der Waals surface area contributed by atoms with E-state index in [0.29, 0.717) is 6.54 Å². The quantitative estimate of drug-likeness (QED) is 0.396. The van der Waals surface area contributed by atoms with Gasteiger partial charge in [0.15, 0.2) is 0 Å². The number of carboxylic acid groups (broad SMARTS) is 1.